The average molecular weight is 472 g/mol. The summed E-state index contributed by atoms with van der Waals surface area (Å²) in [6.45, 7) is 0.949. The van der Waals surface area contributed by atoms with E-state index in [1.54, 1.807) is 30.1 Å². The molecule has 1 unspecified atom stereocenters. The van der Waals surface area contributed by atoms with Crippen LogP contribution >= 0.6 is 11.8 Å². The molecular formula is C24H23F2N3O3S. The van der Waals surface area contributed by atoms with E-state index in [0.717, 1.165) is 41.2 Å². The molecule has 0 aliphatic carbocycles. The summed E-state index contributed by atoms with van der Waals surface area (Å²) in [5, 5.41) is 0. The van der Waals surface area contributed by atoms with Gasteiger partial charge in [0.25, 0.3) is 5.91 Å². The van der Waals surface area contributed by atoms with Crippen molar-refractivity contribution in [3.8, 4) is 11.1 Å². The van der Waals surface area contributed by atoms with Crippen molar-refractivity contribution in [1.82, 2.24) is 10.9 Å². The summed E-state index contributed by atoms with van der Waals surface area (Å²) in [5.74, 6) is -0.148. The minimum absolute atomic E-state index is 0.276. The van der Waals surface area contributed by atoms with Gasteiger partial charge in [-0.25, -0.2) is 0 Å². The summed E-state index contributed by atoms with van der Waals surface area (Å²) < 4.78 is 29.6. The van der Waals surface area contributed by atoms with E-state index < -0.39 is 18.2 Å². The molecule has 2 aromatic carbocycles. The molecule has 1 fully saturated rings. The second-order valence-corrected chi connectivity index (χ2v) is 8.78. The third kappa shape index (κ3) is 5.73. The van der Waals surface area contributed by atoms with E-state index in [4.69, 9.17) is 4.42 Å². The molecule has 0 spiro atoms. The Morgan fingerprint density at radius 1 is 1.03 bits per heavy atom. The van der Waals surface area contributed by atoms with Gasteiger partial charge in [-0.1, -0.05) is 24.3 Å². The molecule has 1 aromatic heterocycles. The molecular weight excluding hydrogens is 448 g/mol. The van der Waals surface area contributed by atoms with Crippen molar-refractivity contribution in [2.24, 2.45) is 0 Å². The number of amides is 2. The largest absolute Gasteiger partial charge is 0.472 e. The third-order valence-corrected chi connectivity index (χ3v) is 6.56. The second kappa shape index (κ2) is 10.5. The Bertz CT molecular complexity index is 1070. The van der Waals surface area contributed by atoms with E-state index in [1.807, 2.05) is 35.4 Å². The van der Waals surface area contributed by atoms with Crippen molar-refractivity contribution in [1.29, 1.82) is 0 Å². The maximum atomic E-state index is 12.2. The predicted octanol–water partition coefficient (Wildman–Crippen LogP) is 4.14. The monoisotopic (exact) mass is 471 g/mol. The highest BCUT2D eigenvalue weighted by Gasteiger charge is 2.24. The van der Waals surface area contributed by atoms with Gasteiger partial charge in [-0.15, -0.1) is 0 Å². The molecule has 1 aliphatic heterocycles. The Morgan fingerprint density at radius 2 is 1.79 bits per heavy atom. The van der Waals surface area contributed by atoms with E-state index in [1.165, 1.54) is 5.69 Å². The molecule has 6 nitrogen and oxygen atoms in total. The van der Waals surface area contributed by atoms with Crippen molar-refractivity contribution in [3.05, 3.63) is 78.3 Å². The minimum atomic E-state index is -3.19. The first-order chi connectivity index (χ1) is 16.0. The summed E-state index contributed by atoms with van der Waals surface area (Å²) in [6, 6.07) is 17.6. The zero-order valence-corrected chi connectivity index (χ0v) is 18.5. The van der Waals surface area contributed by atoms with Crippen LogP contribution in [0.5, 0.6) is 0 Å². The number of thioether (sulfide) groups is 1. The zero-order chi connectivity index (χ0) is 23.2. The molecule has 2 heterocycles. The van der Waals surface area contributed by atoms with Gasteiger partial charge in [-0.2, -0.15) is 20.5 Å². The van der Waals surface area contributed by atoms with Crippen molar-refractivity contribution in [3.63, 3.8) is 0 Å². The summed E-state index contributed by atoms with van der Waals surface area (Å²) in [4.78, 5) is 25.3. The zero-order valence-electron chi connectivity index (χ0n) is 17.7. The number of benzene rings is 2. The van der Waals surface area contributed by atoms with Crippen LogP contribution in [0.1, 0.15) is 15.9 Å². The number of anilines is 1. The Kier molecular flexibility index (Phi) is 7.29. The normalized spacial score (nSPS) is 16.0. The van der Waals surface area contributed by atoms with Gasteiger partial charge in [0.15, 0.2) is 0 Å². The molecule has 1 aliphatic rings. The van der Waals surface area contributed by atoms with Crippen LogP contribution in [0.3, 0.4) is 0 Å². The predicted molar refractivity (Wildman–Crippen MR) is 124 cm³/mol. The van der Waals surface area contributed by atoms with Crippen LogP contribution in [-0.2, 0) is 11.2 Å². The first-order valence-electron chi connectivity index (χ1n) is 10.5. The quantitative estimate of drug-likeness (QED) is 0.529. The smallest absolute Gasteiger partial charge is 0.317 e. The van der Waals surface area contributed by atoms with E-state index in [-0.39, 0.29) is 5.56 Å². The fraction of sp³-hybridized carbons (Fsp3) is 0.250. The lowest BCUT2D eigenvalue weighted by atomic mass is 10.0. The van der Waals surface area contributed by atoms with Gasteiger partial charge in [0, 0.05) is 40.9 Å². The van der Waals surface area contributed by atoms with Crippen LogP contribution in [0, 0.1) is 0 Å². The Balaban J connectivity index is 1.39. The topological polar surface area (TPSA) is 74.6 Å². The highest BCUT2D eigenvalue weighted by Crippen LogP contribution is 2.29. The molecule has 2 amide bonds. The first kappa shape index (κ1) is 22.8. The molecule has 172 valence electrons. The maximum Gasteiger partial charge on any atom is 0.317 e. The number of halogens is 2. The molecule has 3 aromatic rings. The van der Waals surface area contributed by atoms with Crippen LogP contribution in [0.25, 0.3) is 11.1 Å². The molecule has 2 N–H and O–H groups in total. The van der Waals surface area contributed by atoms with Crippen molar-refractivity contribution in [2.45, 2.75) is 18.9 Å². The van der Waals surface area contributed by atoms with Gasteiger partial charge in [-0.3, -0.25) is 20.4 Å². The number of carbonyl (C=O) groups excluding carboxylic acids is 2. The van der Waals surface area contributed by atoms with E-state index in [0.29, 0.717) is 6.04 Å². The summed E-state index contributed by atoms with van der Waals surface area (Å²) in [6.07, 6.45) is 1.01. The van der Waals surface area contributed by atoms with Crippen molar-refractivity contribution >= 4 is 29.3 Å². The number of nitrogens with zero attached hydrogens (tertiary/aromatic N) is 1. The lowest BCUT2D eigenvalue weighted by Crippen LogP contribution is -2.44. The molecule has 9 heteroatoms. The maximum absolute atomic E-state index is 12.2. The van der Waals surface area contributed by atoms with Crippen LogP contribution in [-0.4, -0.2) is 42.3 Å². The average Bonchev–Trinajstić information content (AvgIpc) is 3.38. The number of hydrazine groups is 1. The number of hydrogen-bond acceptors (Lipinski definition) is 5. The summed E-state index contributed by atoms with van der Waals surface area (Å²) >= 11 is 1.92. The highest BCUT2D eigenvalue weighted by atomic mass is 32.2. The fourth-order valence-electron chi connectivity index (χ4n) is 3.75. The molecule has 1 saturated heterocycles. The van der Waals surface area contributed by atoms with Crippen molar-refractivity contribution < 1.29 is 22.8 Å². The standard InChI is InChI=1S/C24H23F2N3O3S/c25-22(26)24(31)28-27-23(30)18-3-1-16(2-4-18)13-21-15-33-12-10-29(21)20-7-5-17(6-8-20)19-9-11-32-14-19/h1-9,11,14,21-22H,10,12-13,15H2,(H,27,30)(H,28,31). The minimum Gasteiger partial charge on any atom is -0.472 e. The molecule has 0 saturated carbocycles. The summed E-state index contributed by atoms with van der Waals surface area (Å²) in [5.41, 5.74) is 8.34. The lowest BCUT2D eigenvalue weighted by Gasteiger charge is -2.37. The van der Waals surface area contributed by atoms with E-state index in [2.05, 4.69) is 29.2 Å². The van der Waals surface area contributed by atoms with Gasteiger partial charge < -0.3 is 9.32 Å². The Labute approximate surface area is 194 Å². The SMILES string of the molecule is O=C(NNC(=O)C(F)F)c1ccc(CC2CSCCN2c2ccc(-c3ccoc3)cc2)cc1. The van der Waals surface area contributed by atoms with Gasteiger partial charge in [-0.05, 0) is 47.9 Å². The number of rotatable bonds is 6. The van der Waals surface area contributed by atoms with Gasteiger partial charge in [0.1, 0.15) is 0 Å². The Hall–Kier alpha value is -3.33. The molecule has 4 rings (SSSR count). The second-order valence-electron chi connectivity index (χ2n) is 7.63. The molecule has 1 atom stereocenters. The van der Waals surface area contributed by atoms with Gasteiger partial charge in [0.05, 0.1) is 12.5 Å². The number of furan rings is 1. The van der Waals surface area contributed by atoms with E-state index >= 15 is 0 Å². The van der Waals surface area contributed by atoms with Crippen LogP contribution in [0.4, 0.5) is 14.5 Å². The number of hydrogen-bond donors (Lipinski definition) is 2. The fourth-order valence-corrected chi connectivity index (χ4v) is 4.81. The number of nitrogens with one attached hydrogen (secondary N) is 2. The molecule has 0 radical (unpaired) electrons. The first-order valence-corrected chi connectivity index (χ1v) is 11.6. The third-order valence-electron chi connectivity index (χ3n) is 5.47. The number of carbonyl (C=O) groups is 2. The van der Waals surface area contributed by atoms with Crippen LogP contribution in [0.2, 0.25) is 0 Å². The van der Waals surface area contributed by atoms with Crippen LogP contribution in [0.15, 0.2) is 71.5 Å². The lowest BCUT2D eigenvalue weighted by molar-refractivity contribution is -0.132. The van der Waals surface area contributed by atoms with Gasteiger partial charge in [0.2, 0.25) is 0 Å². The Morgan fingerprint density at radius 3 is 2.45 bits per heavy atom. The highest BCUT2D eigenvalue weighted by molar-refractivity contribution is 7.99. The van der Waals surface area contributed by atoms with Gasteiger partial charge >= 0.3 is 12.3 Å². The van der Waals surface area contributed by atoms with Crippen molar-refractivity contribution in [2.75, 3.05) is 23.0 Å². The number of alkyl halides is 2. The summed E-state index contributed by atoms with van der Waals surface area (Å²) in [7, 11) is 0. The molecule has 0 bridgehead atoms. The van der Waals surface area contributed by atoms with E-state index in [9.17, 15) is 18.4 Å². The molecule has 33 heavy (non-hydrogen) atoms. The van der Waals surface area contributed by atoms with Crippen LogP contribution < -0.4 is 15.8 Å².